The predicted octanol–water partition coefficient (Wildman–Crippen LogP) is 1.43. The highest BCUT2D eigenvalue weighted by Crippen LogP contribution is 2.32. The summed E-state index contributed by atoms with van der Waals surface area (Å²) in [5.74, 6) is -4.13. The van der Waals surface area contributed by atoms with Crippen LogP contribution in [0.1, 0.15) is 12.8 Å². The Morgan fingerprint density at radius 1 is 1.70 bits per heavy atom. The molecule has 0 bridgehead atoms. The molecule has 2 nitrogen and oxygen atoms in total. The molecule has 1 aliphatic rings. The summed E-state index contributed by atoms with van der Waals surface area (Å²) in [5, 5.41) is 8.24. The van der Waals surface area contributed by atoms with Crippen molar-refractivity contribution in [2.24, 2.45) is 0 Å². The fourth-order valence-electron chi connectivity index (χ4n) is 0.869. The predicted molar refractivity (Wildman–Crippen MR) is 29.9 cm³/mol. The van der Waals surface area contributed by atoms with Crippen molar-refractivity contribution in [3.05, 3.63) is 11.6 Å². The van der Waals surface area contributed by atoms with Crippen molar-refractivity contribution in [1.29, 1.82) is 0 Å². The van der Waals surface area contributed by atoms with Crippen LogP contribution in [0, 0.1) is 0 Å². The van der Waals surface area contributed by atoms with E-state index in [9.17, 15) is 13.6 Å². The number of carboxylic acids is 1. The number of carbonyl (C=O) groups is 1. The maximum Gasteiger partial charge on any atom is 0.331 e. The summed E-state index contributed by atoms with van der Waals surface area (Å²) in [6.45, 7) is 0. The maximum atomic E-state index is 12.2. The first-order valence-electron chi connectivity index (χ1n) is 2.84. The van der Waals surface area contributed by atoms with Crippen molar-refractivity contribution in [3.63, 3.8) is 0 Å². The molecule has 0 fully saturated rings. The van der Waals surface area contributed by atoms with Gasteiger partial charge >= 0.3 is 5.97 Å². The molecule has 0 heterocycles. The van der Waals surface area contributed by atoms with Crippen molar-refractivity contribution in [2.75, 3.05) is 0 Å². The van der Waals surface area contributed by atoms with Gasteiger partial charge in [0.15, 0.2) is 0 Å². The molecular weight excluding hydrogens is 142 g/mol. The van der Waals surface area contributed by atoms with Gasteiger partial charge in [0.1, 0.15) is 0 Å². The Morgan fingerprint density at radius 3 is 2.50 bits per heavy atom. The number of rotatable bonds is 1. The smallest absolute Gasteiger partial charge is 0.331 e. The quantitative estimate of drug-likeness (QED) is 0.610. The first kappa shape index (κ1) is 7.18. The van der Waals surface area contributed by atoms with E-state index in [2.05, 4.69) is 0 Å². The number of allylic oxidation sites excluding steroid dienone is 1. The van der Waals surface area contributed by atoms with Gasteiger partial charge in [-0.15, -0.1) is 0 Å². The highest BCUT2D eigenvalue weighted by molar-refractivity contribution is 5.87. The van der Waals surface area contributed by atoms with Crippen LogP contribution in [0.4, 0.5) is 8.78 Å². The van der Waals surface area contributed by atoms with Gasteiger partial charge in [-0.25, -0.2) is 13.6 Å². The lowest BCUT2D eigenvalue weighted by Crippen LogP contribution is -2.05. The van der Waals surface area contributed by atoms with Gasteiger partial charge in [0, 0.05) is 12.0 Å². The average Bonchev–Trinajstić information content (AvgIpc) is 2.10. The number of hydrogen-bond acceptors (Lipinski definition) is 1. The molecule has 0 aromatic carbocycles. The van der Waals surface area contributed by atoms with E-state index in [1.54, 1.807) is 0 Å². The second-order valence-corrected chi connectivity index (χ2v) is 2.24. The monoisotopic (exact) mass is 148 g/mol. The molecule has 0 atom stereocenters. The molecule has 1 rings (SSSR count). The summed E-state index contributed by atoms with van der Waals surface area (Å²) in [6, 6.07) is 0. The standard InChI is InChI=1S/C6H6F2O2/c7-6(8)2-1-4(3-6)5(9)10/h3H,1-2H2,(H,9,10). The van der Waals surface area contributed by atoms with Crippen LogP contribution in [-0.4, -0.2) is 17.0 Å². The van der Waals surface area contributed by atoms with Crippen molar-refractivity contribution in [1.82, 2.24) is 0 Å². The molecule has 1 N–H and O–H groups in total. The van der Waals surface area contributed by atoms with Gasteiger partial charge < -0.3 is 5.11 Å². The number of alkyl halides is 2. The van der Waals surface area contributed by atoms with E-state index in [1.165, 1.54) is 0 Å². The van der Waals surface area contributed by atoms with E-state index in [0.29, 0.717) is 6.08 Å². The Kier molecular flexibility index (Phi) is 1.46. The average molecular weight is 148 g/mol. The van der Waals surface area contributed by atoms with Gasteiger partial charge in [-0.05, 0) is 12.5 Å². The summed E-state index contributed by atoms with van der Waals surface area (Å²) in [4.78, 5) is 10.1. The number of carboxylic acid groups (broad SMARTS) is 1. The first-order chi connectivity index (χ1) is 4.51. The number of hydrogen-bond donors (Lipinski definition) is 1. The summed E-state index contributed by atoms with van der Waals surface area (Å²) in [7, 11) is 0. The first-order valence-corrected chi connectivity index (χ1v) is 2.84. The van der Waals surface area contributed by atoms with Gasteiger partial charge in [-0.1, -0.05) is 0 Å². The lowest BCUT2D eigenvalue weighted by Gasteiger charge is -2.00. The molecule has 56 valence electrons. The van der Waals surface area contributed by atoms with Crippen LogP contribution in [0.3, 0.4) is 0 Å². The Balaban J connectivity index is 2.76. The van der Waals surface area contributed by atoms with E-state index in [-0.39, 0.29) is 18.4 Å². The third-order valence-electron chi connectivity index (χ3n) is 1.39. The number of aliphatic carboxylic acids is 1. The molecule has 0 aromatic rings. The zero-order valence-electron chi connectivity index (χ0n) is 5.10. The van der Waals surface area contributed by atoms with E-state index in [1.807, 2.05) is 0 Å². The summed E-state index contributed by atoms with van der Waals surface area (Å²) < 4.78 is 24.4. The fourth-order valence-corrected chi connectivity index (χ4v) is 0.869. The fraction of sp³-hybridized carbons (Fsp3) is 0.500. The van der Waals surface area contributed by atoms with Crippen molar-refractivity contribution < 1.29 is 18.7 Å². The van der Waals surface area contributed by atoms with Gasteiger partial charge in [0.05, 0.1) is 0 Å². The zero-order valence-corrected chi connectivity index (χ0v) is 5.10. The summed E-state index contributed by atoms with van der Waals surface area (Å²) in [6.07, 6.45) is 0.131. The molecule has 0 spiro atoms. The van der Waals surface area contributed by atoms with Crippen LogP contribution in [0.5, 0.6) is 0 Å². The normalized spacial score (nSPS) is 22.4. The molecule has 1 aliphatic carbocycles. The molecular formula is C6H6F2O2. The van der Waals surface area contributed by atoms with E-state index < -0.39 is 11.9 Å². The highest BCUT2D eigenvalue weighted by Gasteiger charge is 2.34. The molecule has 4 heteroatoms. The van der Waals surface area contributed by atoms with E-state index in [4.69, 9.17) is 5.11 Å². The van der Waals surface area contributed by atoms with Gasteiger partial charge in [-0.3, -0.25) is 0 Å². The van der Waals surface area contributed by atoms with Gasteiger partial charge in [0.2, 0.25) is 0 Å². The van der Waals surface area contributed by atoms with Crippen molar-refractivity contribution in [3.8, 4) is 0 Å². The molecule has 0 saturated carbocycles. The van der Waals surface area contributed by atoms with E-state index in [0.717, 1.165) is 0 Å². The summed E-state index contributed by atoms with van der Waals surface area (Å²) in [5.41, 5.74) is -0.176. The largest absolute Gasteiger partial charge is 0.478 e. The van der Waals surface area contributed by atoms with Crippen LogP contribution < -0.4 is 0 Å². The van der Waals surface area contributed by atoms with E-state index >= 15 is 0 Å². The molecule has 0 saturated heterocycles. The van der Waals surface area contributed by atoms with Gasteiger partial charge in [-0.2, -0.15) is 0 Å². The lowest BCUT2D eigenvalue weighted by molar-refractivity contribution is -0.132. The Bertz CT molecular complexity index is 196. The minimum atomic E-state index is -2.90. The summed E-state index contributed by atoms with van der Waals surface area (Å²) >= 11 is 0. The minimum Gasteiger partial charge on any atom is -0.478 e. The van der Waals surface area contributed by atoms with Crippen LogP contribution in [0.2, 0.25) is 0 Å². The Morgan fingerprint density at radius 2 is 2.30 bits per heavy atom. The van der Waals surface area contributed by atoms with Crippen molar-refractivity contribution in [2.45, 2.75) is 18.8 Å². The van der Waals surface area contributed by atoms with Crippen LogP contribution in [-0.2, 0) is 4.79 Å². The molecule has 0 amide bonds. The highest BCUT2D eigenvalue weighted by atomic mass is 19.3. The SMILES string of the molecule is O=C(O)C1=CC(F)(F)CC1. The van der Waals surface area contributed by atoms with Crippen LogP contribution >= 0.6 is 0 Å². The second-order valence-electron chi connectivity index (χ2n) is 2.24. The Hall–Kier alpha value is -0.930. The third-order valence-corrected chi connectivity index (χ3v) is 1.39. The molecule has 10 heavy (non-hydrogen) atoms. The molecule has 0 unspecified atom stereocenters. The molecule has 0 aromatic heterocycles. The lowest BCUT2D eigenvalue weighted by atomic mass is 10.2. The topological polar surface area (TPSA) is 37.3 Å². The number of halogens is 2. The zero-order chi connectivity index (χ0) is 7.78. The minimum absolute atomic E-state index is 0.0255. The van der Waals surface area contributed by atoms with Crippen molar-refractivity contribution >= 4 is 5.97 Å². The molecule has 0 aliphatic heterocycles. The Labute approximate surface area is 56.2 Å². The third kappa shape index (κ3) is 1.32. The maximum absolute atomic E-state index is 12.2. The van der Waals surface area contributed by atoms with Gasteiger partial charge in [0.25, 0.3) is 5.92 Å². The van der Waals surface area contributed by atoms with Crippen LogP contribution in [0.15, 0.2) is 11.6 Å². The molecule has 0 radical (unpaired) electrons. The second kappa shape index (κ2) is 2.04. The van der Waals surface area contributed by atoms with Crippen LogP contribution in [0.25, 0.3) is 0 Å².